The summed E-state index contributed by atoms with van der Waals surface area (Å²) in [7, 11) is 0. The molecule has 0 radical (unpaired) electrons. The lowest BCUT2D eigenvalue weighted by Gasteiger charge is -2.38. The first-order valence-electron chi connectivity index (χ1n) is 13.3. The van der Waals surface area contributed by atoms with Crippen LogP contribution in [0.4, 0.5) is 0 Å². The third-order valence-corrected chi connectivity index (χ3v) is 8.59. The lowest BCUT2D eigenvalue weighted by atomic mass is 9.84. The van der Waals surface area contributed by atoms with E-state index in [0.29, 0.717) is 19.5 Å². The van der Waals surface area contributed by atoms with Crippen molar-refractivity contribution in [2.24, 2.45) is 39.7 Å². The van der Waals surface area contributed by atoms with Gasteiger partial charge in [-0.05, 0) is 35.5 Å². The van der Waals surface area contributed by atoms with Crippen molar-refractivity contribution in [3.8, 4) is 0 Å². The predicted octanol–water partition coefficient (Wildman–Crippen LogP) is 0.913. The maximum atomic E-state index is 14.0. The fourth-order valence-electron chi connectivity index (χ4n) is 5.79. The lowest BCUT2D eigenvalue weighted by Crippen LogP contribution is -2.61. The number of nitrogens with two attached hydrogens (primary N) is 1. The number of amides is 4. The zero-order chi connectivity index (χ0) is 29.0. The maximum absolute atomic E-state index is 14.0. The molecule has 1 saturated carbocycles. The minimum atomic E-state index is -1.06. The van der Waals surface area contributed by atoms with Crippen LogP contribution in [0.25, 0.3) is 0 Å². The summed E-state index contributed by atoms with van der Waals surface area (Å²) in [6.07, 6.45) is 0.625. The van der Waals surface area contributed by atoms with Gasteiger partial charge in [0.05, 0.1) is 6.04 Å². The fraction of sp³-hybridized carbons (Fsp3) is 0.778. The summed E-state index contributed by atoms with van der Waals surface area (Å²) in [4.78, 5) is 66.8. The largest absolute Gasteiger partial charge is 0.387 e. The molecule has 2 heterocycles. The minimum absolute atomic E-state index is 0.0815. The van der Waals surface area contributed by atoms with Crippen LogP contribution in [-0.2, 0) is 24.0 Å². The van der Waals surface area contributed by atoms with Gasteiger partial charge in [0.15, 0.2) is 0 Å². The van der Waals surface area contributed by atoms with Gasteiger partial charge in [0.1, 0.15) is 17.1 Å². The lowest BCUT2D eigenvalue weighted by molar-refractivity contribution is -0.147. The van der Waals surface area contributed by atoms with E-state index in [1.165, 1.54) is 0 Å². The van der Waals surface area contributed by atoms with Crippen LogP contribution < -0.4 is 21.7 Å². The van der Waals surface area contributed by atoms with Crippen molar-refractivity contribution in [1.29, 1.82) is 0 Å². The Morgan fingerprint density at radius 3 is 2.21 bits per heavy atom. The summed E-state index contributed by atoms with van der Waals surface area (Å²) < 4.78 is 0. The van der Waals surface area contributed by atoms with Gasteiger partial charge in [-0.1, -0.05) is 67.6 Å². The standard InChI is InChI=1S/C27H43N5O5S/c1-25(2,3)19(31-24(37)26(4,5)6)23(36)32-12-14-16(27(14,7)8)17(32)22(35)30-15(18(33)20(28)38)11-13-9-10-29-21(13)34/h13-17,19H,9-12H2,1-8H3,(H2,28,38)(H,29,34)(H,30,35)(H,31,37)/t13-,14-,15-,16-,17-,19+/m0/s1. The number of carbonyl (C=O) groups excluding carboxylic acids is 5. The monoisotopic (exact) mass is 549 g/mol. The van der Waals surface area contributed by atoms with Gasteiger partial charge in [-0.2, -0.15) is 0 Å². The number of Topliss-reactive ketones (excluding diaryl/α,β-unsaturated/α-hetero) is 1. The first kappa shape index (κ1) is 30.0. The Balaban J connectivity index is 1.88. The Kier molecular flexibility index (Phi) is 8.05. The normalized spacial score (nSPS) is 27.6. The SMILES string of the molecule is CC(C)(C)C(=O)N[C@H](C(=O)N1C[C@H]2[C@@H]([C@H]1C(=O)N[C@@H](C[C@@H]1CCNC1=O)C(=O)C(N)=S)C2(C)C)C(C)(C)C. The molecule has 3 rings (SSSR count). The summed E-state index contributed by atoms with van der Waals surface area (Å²) in [6.45, 7) is 16.0. The van der Waals surface area contributed by atoms with Crippen LogP contribution in [0.2, 0.25) is 0 Å². The molecule has 2 aliphatic heterocycles. The molecule has 0 spiro atoms. The predicted molar refractivity (Wildman–Crippen MR) is 147 cm³/mol. The van der Waals surface area contributed by atoms with Crippen molar-refractivity contribution in [2.75, 3.05) is 13.1 Å². The summed E-state index contributed by atoms with van der Waals surface area (Å²) in [5, 5.41) is 8.45. The Hall–Kier alpha value is -2.56. The summed E-state index contributed by atoms with van der Waals surface area (Å²) in [5.41, 5.74) is 4.16. The zero-order valence-corrected chi connectivity index (χ0v) is 24.6. The van der Waals surface area contributed by atoms with Crippen molar-refractivity contribution in [3.05, 3.63) is 0 Å². The molecular weight excluding hydrogens is 506 g/mol. The van der Waals surface area contributed by atoms with Gasteiger partial charge < -0.3 is 26.6 Å². The third-order valence-electron chi connectivity index (χ3n) is 8.39. The van der Waals surface area contributed by atoms with E-state index in [1.807, 2.05) is 20.8 Å². The highest BCUT2D eigenvalue weighted by atomic mass is 32.1. The zero-order valence-electron chi connectivity index (χ0n) is 23.8. The molecule has 1 aliphatic carbocycles. The first-order chi connectivity index (χ1) is 17.3. The van der Waals surface area contributed by atoms with Crippen LogP contribution in [0.3, 0.4) is 0 Å². The summed E-state index contributed by atoms with van der Waals surface area (Å²) in [5.74, 6) is -2.27. The van der Waals surface area contributed by atoms with Crippen LogP contribution in [0, 0.1) is 34.0 Å². The fourth-order valence-corrected chi connectivity index (χ4v) is 5.93. The molecule has 0 aromatic carbocycles. The minimum Gasteiger partial charge on any atom is -0.387 e. The number of carbonyl (C=O) groups is 5. The number of nitrogens with zero attached hydrogens (tertiary/aromatic N) is 1. The van der Waals surface area contributed by atoms with Crippen molar-refractivity contribution in [1.82, 2.24) is 20.9 Å². The van der Waals surface area contributed by atoms with E-state index in [1.54, 1.807) is 25.7 Å². The molecule has 10 nitrogen and oxygen atoms in total. The molecule has 0 bridgehead atoms. The molecule has 3 aliphatic rings. The highest BCUT2D eigenvalue weighted by Crippen LogP contribution is 2.65. The molecular formula is C27H43N5O5S. The van der Waals surface area contributed by atoms with Gasteiger partial charge in [-0.3, -0.25) is 24.0 Å². The average Bonchev–Trinajstić information content (AvgIpc) is 3.14. The third kappa shape index (κ3) is 5.87. The highest BCUT2D eigenvalue weighted by molar-refractivity contribution is 7.82. The van der Waals surface area contributed by atoms with Crippen molar-refractivity contribution in [3.63, 3.8) is 0 Å². The van der Waals surface area contributed by atoms with E-state index in [4.69, 9.17) is 18.0 Å². The Morgan fingerprint density at radius 2 is 1.74 bits per heavy atom. The maximum Gasteiger partial charge on any atom is 0.246 e. The number of fused-ring (bicyclic) bond motifs is 1. The van der Waals surface area contributed by atoms with E-state index in [-0.39, 0.29) is 46.4 Å². The molecule has 5 N–H and O–H groups in total. The van der Waals surface area contributed by atoms with Crippen LogP contribution in [0.15, 0.2) is 0 Å². The first-order valence-corrected chi connectivity index (χ1v) is 13.7. The smallest absolute Gasteiger partial charge is 0.246 e. The summed E-state index contributed by atoms with van der Waals surface area (Å²) >= 11 is 4.90. The second kappa shape index (κ2) is 10.2. The average molecular weight is 550 g/mol. The number of hydrogen-bond acceptors (Lipinski definition) is 6. The molecule has 3 fully saturated rings. The van der Waals surface area contributed by atoms with Crippen LogP contribution in [0.1, 0.15) is 68.2 Å². The van der Waals surface area contributed by atoms with Crippen molar-refractivity contribution >= 4 is 46.6 Å². The Labute approximate surface area is 230 Å². The van der Waals surface area contributed by atoms with Gasteiger partial charge in [-0.25, -0.2) is 0 Å². The number of thiocarbonyl (C=S) groups is 1. The van der Waals surface area contributed by atoms with Gasteiger partial charge in [0.2, 0.25) is 29.4 Å². The number of likely N-dealkylation sites (tertiary alicyclic amines) is 1. The second-order valence-corrected chi connectivity index (χ2v) is 14.2. The highest BCUT2D eigenvalue weighted by Gasteiger charge is 2.70. The Morgan fingerprint density at radius 1 is 1.13 bits per heavy atom. The van der Waals surface area contributed by atoms with Crippen LogP contribution in [-0.4, -0.2) is 70.5 Å². The number of ketones is 1. The van der Waals surface area contributed by atoms with Gasteiger partial charge >= 0.3 is 0 Å². The van der Waals surface area contributed by atoms with E-state index < -0.39 is 46.6 Å². The van der Waals surface area contributed by atoms with Gasteiger partial charge in [-0.15, -0.1) is 0 Å². The Bertz CT molecular complexity index is 1040. The molecule has 38 heavy (non-hydrogen) atoms. The number of piperidine rings is 1. The molecule has 0 aromatic rings. The molecule has 212 valence electrons. The quantitative estimate of drug-likeness (QED) is 0.329. The van der Waals surface area contributed by atoms with E-state index in [9.17, 15) is 24.0 Å². The van der Waals surface area contributed by atoms with E-state index >= 15 is 0 Å². The van der Waals surface area contributed by atoms with Crippen molar-refractivity contribution < 1.29 is 24.0 Å². The topological polar surface area (TPSA) is 151 Å². The second-order valence-electron chi connectivity index (χ2n) is 13.7. The summed E-state index contributed by atoms with van der Waals surface area (Å²) in [6, 6.07) is -2.73. The van der Waals surface area contributed by atoms with E-state index in [2.05, 4.69) is 29.8 Å². The van der Waals surface area contributed by atoms with Crippen molar-refractivity contribution in [2.45, 2.75) is 86.4 Å². The molecule has 6 atom stereocenters. The number of rotatable bonds is 8. The van der Waals surface area contributed by atoms with E-state index in [0.717, 1.165) is 0 Å². The van der Waals surface area contributed by atoms with Crippen LogP contribution >= 0.6 is 12.2 Å². The van der Waals surface area contributed by atoms with Crippen LogP contribution in [0.5, 0.6) is 0 Å². The van der Waals surface area contributed by atoms with Gasteiger partial charge in [0, 0.05) is 24.4 Å². The molecule has 0 unspecified atom stereocenters. The molecule has 0 aromatic heterocycles. The number of hydrogen-bond donors (Lipinski definition) is 4. The van der Waals surface area contributed by atoms with Gasteiger partial charge in [0.25, 0.3) is 0 Å². The molecule has 11 heteroatoms. The molecule has 4 amide bonds. The number of nitrogens with one attached hydrogen (secondary N) is 3. The molecule has 2 saturated heterocycles.